The van der Waals surface area contributed by atoms with E-state index < -0.39 is 10.0 Å². The molecule has 0 aliphatic rings. The second kappa shape index (κ2) is 7.92. The Hall–Kier alpha value is -0.910. The minimum Gasteiger partial charge on any atom is -0.313 e. The van der Waals surface area contributed by atoms with Crippen LogP contribution < -0.4 is 5.32 Å². The number of benzene rings is 1. The first-order chi connectivity index (χ1) is 9.82. The third-order valence-corrected chi connectivity index (χ3v) is 5.75. The number of hydrogen-bond donors (Lipinski definition) is 1. The van der Waals surface area contributed by atoms with Crippen molar-refractivity contribution < 1.29 is 8.42 Å². The van der Waals surface area contributed by atoms with Gasteiger partial charge in [-0.2, -0.15) is 0 Å². The van der Waals surface area contributed by atoms with Gasteiger partial charge in [-0.25, -0.2) is 12.7 Å². The molecule has 1 unspecified atom stereocenters. The summed E-state index contributed by atoms with van der Waals surface area (Å²) >= 11 is 0. The van der Waals surface area contributed by atoms with Crippen LogP contribution in [0.2, 0.25) is 0 Å². The summed E-state index contributed by atoms with van der Waals surface area (Å²) in [7, 11) is -1.75. The average Bonchev–Trinajstić information content (AvgIpc) is 2.45. The van der Waals surface area contributed by atoms with Gasteiger partial charge in [0, 0.05) is 20.1 Å². The van der Waals surface area contributed by atoms with E-state index in [-0.39, 0.29) is 0 Å². The fourth-order valence-electron chi connectivity index (χ4n) is 2.14. The predicted octanol–water partition coefficient (Wildman–Crippen LogP) is 2.77. The molecular formula is C16H28N2O2S. The third-order valence-electron chi connectivity index (χ3n) is 3.79. The minimum atomic E-state index is -3.42. The maximum Gasteiger partial charge on any atom is 0.243 e. The molecule has 4 nitrogen and oxygen atoms in total. The second-order valence-electron chi connectivity index (χ2n) is 5.68. The normalized spacial score (nSPS) is 13.6. The maximum absolute atomic E-state index is 12.7. The summed E-state index contributed by atoms with van der Waals surface area (Å²) in [5.74, 6) is 0.357. The number of nitrogens with one attached hydrogen (secondary N) is 1. The Morgan fingerprint density at radius 1 is 1.29 bits per heavy atom. The topological polar surface area (TPSA) is 49.4 Å². The zero-order chi connectivity index (χ0) is 16.0. The van der Waals surface area contributed by atoms with Crippen molar-refractivity contribution in [2.24, 2.45) is 5.92 Å². The fourth-order valence-corrected chi connectivity index (χ4v) is 3.70. The summed E-state index contributed by atoms with van der Waals surface area (Å²) in [5.41, 5.74) is 1.80. The van der Waals surface area contributed by atoms with Crippen LogP contribution in [0.25, 0.3) is 0 Å². The lowest BCUT2D eigenvalue weighted by Gasteiger charge is -2.22. The van der Waals surface area contributed by atoms with Gasteiger partial charge in [0.25, 0.3) is 0 Å². The van der Waals surface area contributed by atoms with E-state index in [4.69, 9.17) is 0 Å². The van der Waals surface area contributed by atoms with E-state index >= 15 is 0 Å². The van der Waals surface area contributed by atoms with Crippen molar-refractivity contribution in [2.75, 3.05) is 20.1 Å². The Labute approximate surface area is 129 Å². The molecule has 1 N–H and O–H groups in total. The molecule has 0 aliphatic carbocycles. The van der Waals surface area contributed by atoms with Crippen LogP contribution in [0, 0.1) is 12.8 Å². The first kappa shape index (κ1) is 18.1. The highest BCUT2D eigenvalue weighted by Crippen LogP contribution is 2.21. The number of hydrogen-bond acceptors (Lipinski definition) is 3. The van der Waals surface area contributed by atoms with Crippen LogP contribution >= 0.6 is 0 Å². The summed E-state index contributed by atoms with van der Waals surface area (Å²) in [5, 5.41) is 3.22. The predicted molar refractivity (Wildman–Crippen MR) is 87.8 cm³/mol. The maximum atomic E-state index is 12.7. The van der Waals surface area contributed by atoms with Crippen LogP contribution in [0.15, 0.2) is 23.1 Å². The van der Waals surface area contributed by atoms with Gasteiger partial charge >= 0.3 is 0 Å². The van der Waals surface area contributed by atoms with E-state index in [1.807, 2.05) is 26.0 Å². The molecule has 0 spiro atoms. The lowest BCUT2D eigenvalue weighted by Crippen LogP contribution is -2.31. The van der Waals surface area contributed by atoms with E-state index in [1.54, 1.807) is 13.1 Å². The zero-order valence-electron chi connectivity index (χ0n) is 13.8. The lowest BCUT2D eigenvalue weighted by atomic mass is 10.1. The average molecular weight is 312 g/mol. The van der Waals surface area contributed by atoms with E-state index in [9.17, 15) is 8.42 Å². The Kier molecular flexibility index (Phi) is 6.84. The van der Waals surface area contributed by atoms with Gasteiger partial charge in [0.15, 0.2) is 0 Å². The van der Waals surface area contributed by atoms with Gasteiger partial charge in [0.1, 0.15) is 0 Å². The van der Waals surface area contributed by atoms with Crippen molar-refractivity contribution in [1.29, 1.82) is 0 Å². The monoisotopic (exact) mass is 312 g/mol. The molecule has 120 valence electrons. The van der Waals surface area contributed by atoms with Crippen molar-refractivity contribution in [3.63, 3.8) is 0 Å². The molecule has 0 radical (unpaired) electrons. The van der Waals surface area contributed by atoms with Gasteiger partial charge in [0.05, 0.1) is 4.90 Å². The first-order valence-corrected chi connectivity index (χ1v) is 9.03. The van der Waals surface area contributed by atoms with Crippen LogP contribution in [-0.4, -0.2) is 32.9 Å². The molecule has 1 atom stereocenters. The second-order valence-corrected chi connectivity index (χ2v) is 7.69. The molecule has 5 heteroatoms. The molecule has 0 aliphatic heterocycles. The van der Waals surface area contributed by atoms with Gasteiger partial charge in [-0.3, -0.25) is 0 Å². The molecule has 1 aromatic rings. The molecule has 0 fully saturated rings. The molecule has 0 saturated heterocycles. The molecule has 1 rings (SSSR count). The summed E-state index contributed by atoms with van der Waals surface area (Å²) in [6.45, 7) is 10.1. The summed E-state index contributed by atoms with van der Waals surface area (Å²) in [6, 6.07) is 5.66. The largest absolute Gasteiger partial charge is 0.313 e. The highest BCUT2D eigenvalue weighted by molar-refractivity contribution is 7.89. The number of aryl methyl sites for hydroxylation is 1. The smallest absolute Gasteiger partial charge is 0.243 e. The van der Waals surface area contributed by atoms with Crippen molar-refractivity contribution in [2.45, 2.75) is 45.6 Å². The van der Waals surface area contributed by atoms with Crippen LogP contribution in [0.4, 0.5) is 0 Å². The molecule has 0 aromatic heterocycles. The van der Waals surface area contributed by atoms with Gasteiger partial charge in [-0.1, -0.05) is 39.3 Å². The lowest BCUT2D eigenvalue weighted by molar-refractivity contribution is 0.393. The van der Waals surface area contributed by atoms with Crippen molar-refractivity contribution in [1.82, 2.24) is 9.62 Å². The fraction of sp³-hybridized carbons (Fsp3) is 0.625. The SMILES string of the molecule is CCNCc1ccc(C)c(S(=O)(=O)N(C)CC(C)CC)c1. The van der Waals surface area contributed by atoms with Gasteiger partial charge in [-0.05, 0) is 36.6 Å². The number of rotatable bonds is 8. The van der Waals surface area contributed by atoms with Gasteiger partial charge < -0.3 is 5.32 Å². The molecule has 0 saturated carbocycles. The van der Waals surface area contributed by atoms with E-state index in [0.717, 1.165) is 24.1 Å². The van der Waals surface area contributed by atoms with Gasteiger partial charge in [-0.15, -0.1) is 0 Å². The highest BCUT2D eigenvalue weighted by Gasteiger charge is 2.24. The summed E-state index contributed by atoms with van der Waals surface area (Å²) in [4.78, 5) is 0.420. The van der Waals surface area contributed by atoms with E-state index in [1.165, 1.54) is 4.31 Å². The first-order valence-electron chi connectivity index (χ1n) is 7.59. The van der Waals surface area contributed by atoms with Crippen molar-refractivity contribution in [3.05, 3.63) is 29.3 Å². The minimum absolute atomic E-state index is 0.357. The molecule has 0 amide bonds. The highest BCUT2D eigenvalue weighted by atomic mass is 32.2. The van der Waals surface area contributed by atoms with Crippen LogP contribution in [-0.2, 0) is 16.6 Å². The molecule has 21 heavy (non-hydrogen) atoms. The Morgan fingerprint density at radius 3 is 2.52 bits per heavy atom. The Bertz CT molecular complexity index is 555. The number of sulfonamides is 1. The van der Waals surface area contributed by atoms with Crippen LogP contribution in [0.1, 0.15) is 38.3 Å². The summed E-state index contributed by atoms with van der Waals surface area (Å²) < 4.78 is 26.9. The standard InChI is InChI=1S/C16H28N2O2S/c1-6-13(3)12-18(5)21(19,20)16-10-15(11-17-7-2)9-8-14(16)4/h8-10,13,17H,6-7,11-12H2,1-5H3. The summed E-state index contributed by atoms with van der Waals surface area (Å²) in [6.07, 6.45) is 0.972. The Morgan fingerprint density at radius 2 is 1.95 bits per heavy atom. The van der Waals surface area contributed by atoms with Gasteiger partial charge in [0.2, 0.25) is 10.0 Å². The van der Waals surface area contributed by atoms with Crippen LogP contribution in [0.5, 0.6) is 0 Å². The zero-order valence-corrected chi connectivity index (χ0v) is 14.6. The molecule has 0 heterocycles. The van der Waals surface area contributed by atoms with Crippen molar-refractivity contribution >= 4 is 10.0 Å². The number of nitrogens with zero attached hydrogens (tertiary/aromatic N) is 1. The molecule has 0 bridgehead atoms. The van der Waals surface area contributed by atoms with E-state index in [0.29, 0.717) is 23.9 Å². The molecule has 1 aromatic carbocycles. The third kappa shape index (κ3) is 4.80. The quantitative estimate of drug-likeness (QED) is 0.803. The molecular weight excluding hydrogens is 284 g/mol. The van der Waals surface area contributed by atoms with Crippen LogP contribution in [0.3, 0.4) is 0 Å². The van der Waals surface area contributed by atoms with E-state index in [2.05, 4.69) is 19.2 Å². The Balaban J connectivity index is 3.06. The van der Waals surface area contributed by atoms with Crippen molar-refractivity contribution in [3.8, 4) is 0 Å².